The van der Waals surface area contributed by atoms with Crippen molar-refractivity contribution in [2.24, 2.45) is 11.8 Å². The number of carboxylic acid groups (broad SMARTS) is 1. The van der Waals surface area contributed by atoms with Crippen LogP contribution in [0.4, 0.5) is 4.79 Å². The van der Waals surface area contributed by atoms with Crippen LogP contribution in [0, 0.1) is 11.8 Å². The zero-order valence-electron chi connectivity index (χ0n) is 27.5. The monoisotopic (exact) mass is 634 g/mol. The molecule has 0 spiro atoms. The van der Waals surface area contributed by atoms with E-state index in [0.717, 1.165) is 27.8 Å². The first kappa shape index (κ1) is 35.0. The number of benzene rings is 4. The molecule has 0 saturated heterocycles. The lowest BCUT2D eigenvalue weighted by atomic mass is 9.85. The van der Waals surface area contributed by atoms with Crippen molar-refractivity contribution in [1.29, 1.82) is 0 Å². The number of nitrogens with zero attached hydrogens (tertiary/aromatic N) is 1. The van der Waals surface area contributed by atoms with Gasteiger partial charge in [0, 0.05) is 19.0 Å². The molecule has 0 heterocycles. The number of urea groups is 1. The minimum Gasteiger partial charge on any atom is -0.480 e. The van der Waals surface area contributed by atoms with Crippen molar-refractivity contribution in [1.82, 2.24) is 10.2 Å². The number of aliphatic carboxylic acids is 1. The van der Waals surface area contributed by atoms with Gasteiger partial charge in [-0.3, -0.25) is 4.79 Å². The lowest BCUT2D eigenvalue weighted by Gasteiger charge is -2.32. The second-order valence-corrected chi connectivity index (χ2v) is 12.3. The Morgan fingerprint density at radius 1 is 0.745 bits per heavy atom. The van der Waals surface area contributed by atoms with E-state index in [-0.39, 0.29) is 25.0 Å². The van der Waals surface area contributed by atoms with E-state index in [4.69, 9.17) is 4.74 Å². The third-order valence-electron chi connectivity index (χ3n) is 8.25. The molecule has 4 aromatic carbocycles. The fourth-order valence-electron chi connectivity index (χ4n) is 5.88. The Morgan fingerprint density at radius 2 is 1.30 bits per heavy atom. The quantitative estimate of drug-likeness (QED) is 0.124. The van der Waals surface area contributed by atoms with Crippen molar-refractivity contribution in [3.63, 3.8) is 0 Å². The molecule has 4 rings (SSSR count). The van der Waals surface area contributed by atoms with Crippen LogP contribution in [-0.2, 0) is 27.2 Å². The molecule has 4 aromatic rings. The van der Waals surface area contributed by atoms with Crippen LogP contribution in [0.25, 0.3) is 11.1 Å². The summed E-state index contributed by atoms with van der Waals surface area (Å²) in [6.45, 7) is 6.46. The summed E-state index contributed by atoms with van der Waals surface area (Å²) in [6.07, 6.45) is 1.56. The predicted octanol–water partition coefficient (Wildman–Crippen LogP) is 7.61. The Kier molecular flexibility index (Phi) is 13.2. The van der Waals surface area contributed by atoms with E-state index >= 15 is 0 Å². The Balaban J connectivity index is 1.61. The summed E-state index contributed by atoms with van der Waals surface area (Å²) in [5.74, 6) is -2.51. The van der Waals surface area contributed by atoms with Crippen molar-refractivity contribution in [3.8, 4) is 11.1 Å². The number of esters is 1. The number of amides is 2. The number of rotatable bonds is 16. The van der Waals surface area contributed by atoms with E-state index in [2.05, 4.69) is 5.32 Å². The predicted molar refractivity (Wildman–Crippen MR) is 186 cm³/mol. The van der Waals surface area contributed by atoms with Crippen LogP contribution in [-0.4, -0.2) is 53.7 Å². The first-order valence-corrected chi connectivity index (χ1v) is 16.4. The topological polar surface area (TPSA) is 95.9 Å². The zero-order valence-corrected chi connectivity index (χ0v) is 27.5. The summed E-state index contributed by atoms with van der Waals surface area (Å²) in [5, 5.41) is 13.4. The molecule has 0 aromatic heterocycles. The Hall–Kier alpha value is -4.91. The number of ether oxygens (including phenoxy) is 1. The molecule has 0 aliphatic heterocycles. The molecule has 0 aliphatic rings. The number of aryl methyl sites for hydroxylation is 1. The van der Waals surface area contributed by atoms with Crippen molar-refractivity contribution in [2.45, 2.75) is 52.0 Å². The van der Waals surface area contributed by atoms with Crippen LogP contribution in [0.1, 0.15) is 49.8 Å². The smallest absolute Gasteiger partial charge is 0.326 e. The molecule has 2 N–H and O–H groups in total. The molecule has 7 nitrogen and oxygen atoms in total. The summed E-state index contributed by atoms with van der Waals surface area (Å²) >= 11 is 0. The molecule has 47 heavy (non-hydrogen) atoms. The highest BCUT2D eigenvalue weighted by Crippen LogP contribution is 2.29. The average Bonchev–Trinajstić information content (AvgIpc) is 3.08. The maximum atomic E-state index is 14.0. The van der Waals surface area contributed by atoms with Gasteiger partial charge in [-0.25, -0.2) is 9.59 Å². The van der Waals surface area contributed by atoms with E-state index in [1.54, 1.807) is 11.8 Å². The second-order valence-electron chi connectivity index (χ2n) is 12.3. The fourth-order valence-corrected chi connectivity index (χ4v) is 5.88. The van der Waals surface area contributed by atoms with Crippen molar-refractivity contribution >= 4 is 18.0 Å². The maximum Gasteiger partial charge on any atom is 0.326 e. The summed E-state index contributed by atoms with van der Waals surface area (Å²) in [7, 11) is 0. The Morgan fingerprint density at radius 3 is 1.85 bits per heavy atom. The highest BCUT2D eigenvalue weighted by atomic mass is 16.5. The van der Waals surface area contributed by atoms with E-state index in [1.807, 2.05) is 129 Å². The summed E-state index contributed by atoms with van der Waals surface area (Å²) in [5.41, 5.74) is 4.95. The standard InChI is InChI=1S/C40H46N2O5/c1-4-47-39(45)35(21-20-30-14-8-5-9-15-30)28-42(27-29(2)3)40(46)41-37(38(43)44)36(26-31-16-10-6-11-17-31)34-24-22-33(23-25-34)32-18-12-7-13-19-32/h5-19,22-25,29,35-37H,4,20-21,26-28H2,1-3H3,(H,41,46)(H,43,44)/t35-,36?,37-/m0/s1. The SMILES string of the molecule is CCOC(=O)[C@@H](CCc1ccccc1)CN(CC(C)C)C(=O)N[C@H](C(=O)O)C(Cc1ccccc1)c1ccc(-c2ccccc2)cc1. The normalized spacial score (nSPS) is 12.9. The maximum absolute atomic E-state index is 14.0. The van der Waals surface area contributed by atoms with Gasteiger partial charge < -0.3 is 20.1 Å². The first-order chi connectivity index (χ1) is 22.7. The Labute approximate surface area is 278 Å². The molecule has 0 saturated carbocycles. The van der Waals surface area contributed by atoms with Gasteiger partial charge in [0.15, 0.2) is 0 Å². The van der Waals surface area contributed by atoms with Crippen LogP contribution in [0.2, 0.25) is 0 Å². The van der Waals surface area contributed by atoms with Gasteiger partial charge in [0.2, 0.25) is 0 Å². The molecule has 0 fully saturated rings. The first-order valence-electron chi connectivity index (χ1n) is 16.4. The van der Waals surface area contributed by atoms with Gasteiger partial charge in [0.25, 0.3) is 0 Å². The van der Waals surface area contributed by atoms with Crippen molar-refractivity contribution in [3.05, 3.63) is 132 Å². The van der Waals surface area contributed by atoms with E-state index in [9.17, 15) is 19.5 Å². The third-order valence-corrected chi connectivity index (χ3v) is 8.25. The largest absolute Gasteiger partial charge is 0.480 e. The lowest BCUT2D eigenvalue weighted by molar-refractivity contribution is -0.148. The van der Waals surface area contributed by atoms with Crippen LogP contribution >= 0.6 is 0 Å². The molecule has 2 amide bonds. The fraction of sp³-hybridized carbons (Fsp3) is 0.325. The molecule has 0 radical (unpaired) electrons. The number of hydrogen-bond donors (Lipinski definition) is 2. The van der Waals surface area contributed by atoms with E-state index in [0.29, 0.717) is 25.8 Å². The van der Waals surface area contributed by atoms with Crippen LogP contribution in [0.3, 0.4) is 0 Å². The molecular weight excluding hydrogens is 588 g/mol. The number of nitrogens with one attached hydrogen (secondary N) is 1. The van der Waals surface area contributed by atoms with Gasteiger partial charge in [0.05, 0.1) is 12.5 Å². The van der Waals surface area contributed by atoms with E-state index in [1.165, 1.54) is 0 Å². The molecule has 7 heteroatoms. The number of carbonyl (C=O) groups is 3. The number of carbonyl (C=O) groups excluding carboxylic acids is 2. The molecule has 3 atom stereocenters. The van der Waals surface area contributed by atoms with Crippen LogP contribution in [0.5, 0.6) is 0 Å². The molecule has 0 bridgehead atoms. The highest BCUT2D eigenvalue weighted by molar-refractivity contribution is 5.84. The van der Waals surface area contributed by atoms with Gasteiger partial charge in [-0.15, -0.1) is 0 Å². The summed E-state index contributed by atoms with van der Waals surface area (Å²) < 4.78 is 5.41. The van der Waals surface area contributed by atoms with Crippen molar-refractivity contribution < 1.29 is 24.2 Å². The van der Waals surface area contributed by atoms with Gasteiger partial charge in [-0.05, 0) is 59.9 Å². The van der Waals surface area contributed by atoms with Gasteiger partial charge >= 0.3 is 18.0 Å². The second kappa shape index (κ2) is 17.7. The third kappa shape index (κ3) is 10.6. The summed E-state index contributed by atoms with van der Waals surface area (Å²) in [6, 6.07) is 35.7. The number of hydrogen-bond acceptors (Lipinski definition) is 4. The minimum atomic E-state index is -1.22. The average molecular weight is 635 g/mol. The van der Waals surface area contributed by atoms with Gasteiger partial charge in [-0.1, -0.05) is 129 Å². The minimum absolute atomic E-state index is 0.0895. The van der Waals surface area contributed by atoms with Gasteiger partial charge in [0.1, 0.15) is 6.04 Å². The molecular formula is C40H46N2O5. The van der Waals surface area contributed by atoms with Crippen LogP contribution < -0.4 is 5.32 Å². The Bertz CT molecular complexity index is 1540. The number of carboxylic acids is 1. The van der Waals surface area contributed by atoms with Crippen LogP contribution in [0.15, 0.2) is 115 Å². The molecule has 246 valence electrons. The van der Waals surface area contributed by atoms with Crippen molar-refractivity contribution in [2.75, 3.05) is 19.7 Å². The zero-order chi connectivity index (χ0) is 33.6. The summed E-state index contributed by atoms with van der Waals surface area (Å²) in [4.78, 5) is 41.6. The molecule has 0 aliphatic carbocycles. The highest BCUT2D eigenvalue weighted by Gasteiger charge is 2.34. The lowest BCUT2D eigenvalue weighted by Crippen LogP contribution is -2.53. The van der Waals surface area contributed by atoms with Gasteiger partial charge in [-0.2, -0.15) is 0 Å². The van der Waals surface area contributed by atoms with E-state index < -0.39 is 29.9 Å². The molecule has 1 unspecified atom stereocenters.